The Balaban J connectivity index is 1.55. The van der Waals surface area contributed by atoms with Crippen molar-refractivity contribution in [2.75, 3.05) is 44.2 Å². The molecule has 1 fully saturated rings. The number of nitrogens with zero attached hydrogens (tertiary/aromatic N) is 3. The quantitative estimate of drug-likeness (QED) is 0.604. The molecule has 33 heavy (non-hydrogen) atoms. The fraction of sp³-hybridized carbons (Fsp3) is 0.500. The van der Waals surface area contributed by atoms with Gasteiger partial charge in [0, 0.05) is 51.4 Å². The van der Waals surface area contributed by atoms with E-state index in [1.165, 1.54) is 6.07 Å². The second-order valence-corrected chi connectivity index (χ2v) is 8.29. The Morgan fingerprint density at radius 2 is 1.76 bits per heavy atom. The van der Waals surface area contributed by atoms with Crippen molar-refractivity contribution in [3.05, 3.63) is 53.0 Å². The molecule has 1 aliphatic heterocycles. The van der Waals surface area contributed by atoms with E-state index >= 15 is 0 Å². The van der Waals surface area contributed by atoms with Gasteiger partial charge in [0.1, 0.15) is 11.5 Å². The van der Waals surface area contributed by atoms with E-state index in [9.17, 15) is 22.8 Å². The summed E-state index contributed by atoms with van der Waals surface area (Å²) in [5.74, 6) is 1.03. The molecular formula is C24H30F3N3O3. The number of anilines is 1. The Labute approximate surface area is 191 Å². The highest BCUT2D eigenvalue weighted by molar-refractivity contribution is 5.95. The molecule has 6 nitrogen and oxygen atoms in total. The van der Waals surface area contributed by atoms with Crippen LogP contribution in [0.3, 0.4) is 0 Å². The van der Waals surface area contributed by atoms with Gasteiger partial charge in [-0.2, -0.15) is 13.2 Å². The molecule has 3 rings (SSSR count). The summed E-state index contributed by atoms with van der Waals surface area (Å²) < 4.78 is 44.4. The van der Waals surface area contributed by atoms with Gasteiger partial charge in [0.05, 0.1) is 11.1 Å². The summed E-state index contributed by atoms with van der Waals surface area (Å²) in [6.07, 6.45) is -3.42. The van der Waals surface area contributed by atoms with E-state index in [0.717, 1.165) is 18.6 Å². The van der Waals surface area contributed by atoms with Crippen LogP contribution in [-0.4, -0.2) is 60.9 Å². The van der Waals surface area contributed by atoms with E-state index in [1.54, 1.807) is 35.8 Å². The molecule has 1 aliphatic rings. The lowest BCUT2D eigenvalue weighted by Crippen LogP contribution is -2.49. The van der Waals surface area contributed by atoms with E-state index in [4.69, 9.17) is 4.42 Å². The molecule has 180 valence electrons. The second kappa shape index (κ2) is 10.3. The number of amides is 2. The SMILES string of the molecule is CCCN(CCC(=O)N1CCN(c2cccc(C(F)(F)F)c2)CC1)C(=O)c1cc(C)oc1C. The highest BCUT2D eigenvalue weighted by Gasteiger charge is 2.31. The minimum atomic E-state index is -4.39. The van der Waals surface area contributed by atoms with Crippen LogP contribution in [0.2, 0.25) is 0 Å². The Hall–Kier alpha value is -2.97. The van der Waals surface area contributed by atoms with Crippen molar-refractivity contribution < 1.29 is 27.2 Å². The zero-order valence-corrected chi connectivity index (χ0v) is 19.2. The molecule has 2 aromatic rings. The van der Waals surface area contributed by atoms with Gasteiger partial charge in [-0.3, -0.25) is 9.59 Å². The predicted molar refractivity (Wildman–Crippen MR) is 119 cm³/mol. The van der Waals surface area contributed by atoms with Crippen LogP contribution in [0, 0.1) is 13.8 Å². The van der Waals surface area contributed by atoms with Gasteiger partial charge in [0.15, 0.2) is 0 Å². The summed E-state index contributed by atoms with van der Waals surface area (Å²) in [5.41, 5.74) is 0.341. The monoisotopic (exact) mass is 465 g/mol. The highest BCUT2D eigenvalue weighted by atomic mass is 19.4. The van der Waals surface area contributed by atoms with Crippen LogP contribution in [0.15, 0.2) is 34.7 Å². The number of carbonyl (C=O) groups is 2. The maximum absolute atomic E-state index is 13.0. The maximum atomic E-state index is 13.0. The maximum Gasteiger partial charge on any atom is 0.416 e. The van der Waals surface area contributed by atoms with Crippen molar-refractivity contribution in [1.29, 1.82) is 0 Å². The molecule has 2 heterocycles. The summed E-state index contributed by atoms with van der Waals surface area (Å²) in [4.78, 5) is 30.9. The van der Waals surface area contributed by atoms with Gasteiger partial charge in [-0.1, -0.05) is 13.0 Å². The Kier molecular flexibility index (Phi) is 7.71. The summed E-state index contributed by atoms with van der Waals surface area (Å²) in [6.45, 7) is 8.13. The molecule has 0 unspecified atom stereocenters. The van der Waals surface area contributed by atoms with Gasteiger partial charge >= 0.3 is 6.18 Å². The molecule has 0 saturated carbocycles. The lowest BCUT2D eigenvalue weighted by Gasteiger charge is -2.36. The number of furan rings is 1. The number of hydrogen-bond acceptors (Lipinski definition) is 4. The molecule has 0 radical (unpaired) electrons. The van der Waals surface area contributed by atoms with Crippen LogP contribution in [0.25, 0.3) is 0 Å². The molecular weight excluding hydrogens is 435 g/mol. The third-order valence-corrected chi connectivity index (χ3v) is 5.82. The first kappa shape index (κ1) is 24.7. The zero-order valence-electron chi connectivity index (χ0n) is 19.2. The lowest BCUT2D eigenvalue weighted by atomic mass is 10.1. The molecule has 0 aliphatic carbocycles. The van der Waals surface area contributed by atoms with Crippen molar-refractivity contribution in [2.45, 2.75) is 39.8 Å². The van der Waals surface area contributed by atoms with Crippen LogP contribution < -0.4 is 4.90 Å². The Morgan fingerprint density at radius 1 is 1.06 bits per heavy atom. The van der Waals surface area contributed by atoms with Crippen molar-refractivity contribution >= 4 is 17.5 Å². The third-order valence-electron chi connectivity index (χ3n) is 5.82. The number of benzene rings is 1. The zero-order chi connectivity index (χ0) is 24.2. The number of hydrogen-bond donors (Lipinski definition) is 0. The molecule has 0 N–H and O–H groups in total. The average molecular weight is 466 g/mol. The number of alkyl halides is 3. The normalized spacial score (nSPS) is 14.5. The van der Waals surface area contributed by atoms with Crippen LogP contribution in [0.4, 0.5) is 18.9 Å². The van der Waals surface area contributed by atoms with E-state index in [0.29, 0.717) is 62.0 Å². The minimum Gasteiger partial charge on any atom is -0.466 e. The van der Waals surface area contributed by atoms with Crippen LogP contribution in [-0.2, 0) is 11.0 Å². The smallest absolute Gasteiger partial charge is 0.416 e. The largest absolute Gasteiger partial charge is 0.466 e. The summed E-state index contributed by atoms with van der Waals surface area (Å²) in [7, 11) is 0. The van der Waals surface area contributed by atoms with Crippen molar-refractivity contribution in [3.63, 3.8) is 0 Å². The number of rotatable bonds is 7. The Bertz CT molecular complexity index is 979. The van der Waals surface area contributed by atoms with E-state index < -0.39 is 11.7 Å². The molecule has 1 aromatic heterocycles. The molecule has 0 bridgehead atoms. The number of piperazine rings is 1. The molecule has 0 atom stereocenters. The van der Waals surface area contributed by atoms with Gasteiger partial charge in [-0.25, -0.2) is 0 Å². The number of carbonyl (C=O) groups excluding carboxylic acids is 2. The lowest BCUT2D eigenvalue weighted by molar-refractivity contribution is -0.137. The average Bonchev–Trinajstić information content (AvgIpc) is 3.13. The first-order valence-electron chi connectivity index (χ1n) is 11.2. The Morgan fingerprint density at radius 3 is 2.33 bits per heavy atom. The summed E-state index contributed by atoms with van der Waals surface area (Å²) >= 11 is 0. The van der Waals surface area contributed by atoms with Gasteiger partial charge < -0.3 is 19.1 Å². The molecule has 0 spiro atoms. The second-order valence-electron chi connectivity index (χ2n) is 8.29. The third kappa shape index (κ3) is 6.09. The van der Waals surface area contributed by atoms with Gasteiger partial charge in [0.25, 0.3) is 5.91 Å². The van der Waals surface area contributed by atoms with Crippen LogP contribution in [0.1, 0.15) is 47.2 Å². The van der Waals surface area contributed by atoms with Crippen LogP contribution >= 0.6 is 0 Å². The van der Waals surface area contributed by atoms with Crippen molar-refractivity contribution in [3.8, 4) is 0 Å². The number of halogens is 3. The van der Waals surface area contributed by atoms with Gasteiger partial charge in [-0.05, 0) is 44.5 Å². The summed E-state index contributed by atoms with van der Waals surface area (Å²) in [6, 6.07) is 6.97. The van der Waals surface area contributed by atoms with Crippen molar-refractivity contribution in [1.82, 2.24) is 9.80 Å². The van der Waals surface area contributed by atoms with Crippen LogP contribution in [0.5, 0.6) is 0 Å². The predicted octanol–water partition coefficient (Wildman–Crippen LogP) is 4.51. The van der Waals surface area contributed by atoms with E-state index in [2.05, 4.69) is 0 Å². The van der Waals surface area contributed by atoms with Gasteiger partial charge in [-0.15, -0.1) is 0 Å². The highest BCUT2D eigenvalue weighted by Crippen LogP contribution is 2.32. The summed E-state index contributed by atoms with van der Waals surface area (Å²) in [5, 5.41) is 0. The van der Waals surface area contributed by atoms with Crippen molar-refractivity contribution in [2.24, 2.45) is 0 Å². The van der Waals surface area contributed by atoms with Gasteiger partial charge in [0.2, 0.25) is 5.91 Å². The molecule has 1 aromatic carbocycles. The minimum absolute atomic E-state index is 0.0623. The molecule has 1 saturated heterocycles. The topological polar surface area (TPSA) is 57.0 Å². The van der Waals surface area contributed by atoms with E-state index in [1.807, 2.05) is 11.8 Å². The first-order chi connectivity index (χ1) is 15.6. The molecule has 2 amide bonds. The fourth-order valence-corrected chi connectivity index (χ4v) is 4.08. The fourth-order valence-electron chi connectivity index (χ4n) is 4.08. The first-order valence-corrected chi connectivity index (χ1v) is 11.2. The van der Waals surface area contributed by atoms with E-state index in [-0.39, 0.29) is 18.2 Å². The standard InChI is InChI=1S/C24H30F3N3O3/c1-4-9-30(23(32)21-15-17(2)33-18(21)3)10-8-22(31)29-13-11-28(12-14-29)20-7-5-6-19(16-20)24(25,26)27/h5-7,15-16H,4,8-14H2,1-3H3. The number of aryl methyl sites for hydroxylation is 2. The molecule has 9 heteroatoms.